The Balaban J connectivity index is 1.61. The van der Waals surface area contributed by atoms with E-state index in [-0.39, 0.29) is 11.4 Å². The van der Waals surface area contributed by atoms with Crippen LogP contribution in [0.5, 0.6) is 0 Å². The van der Waals surface area contributed by atoms with E-state index in [9.17, 15) is 4.79 Å². The summed E-state index contributed by atoms with van der Waals surface area (Å²) in [6.07, 6.45) is 0. The number of anilines is 2. The number of carbonyl (C=O) groups is 1. The van der Waals surface area contributed by atoms with E-state index in [1.54, 1.807) is 0 Å². The maximum atomic E-state index is 12.7. The van der Waals surface area contributed by atoms with Crippen LogP contribution in [-0.4, -0.2) is 37.1 Å². The lowest BCUT2D eigenvalue weighted by Gasteiger charge is -2.36. The number of nitrogens with zero attached hydrogens (tertiary/aromatic N) is 3. The molecule has 0 radical (unpaired) electrons. The zero-order valence-electron chi connectivity index (χ0n) is 16.2. The third-order valence-corrected chi connectivity index (χ3v) is 4.91. The Labute approximate surface area is 161 Å². The minimum atomic E-state index is -0.0498. The predicted molar refractivity (Wildman–Crippen MR) is 109 cm³/mol. The number of piperazine rings is 1. The molecule has 5 nitrogen and oxygen atoms in total. The van der Waals surface area contributed by atoms with Gasteiger partial charge in [0.1, 0.15) is 0 Å². The molecule has 1 saturated heterocycles. The molecular formula is C22H26N4O. The molecule has 0 saturated carbocycles. The first kappa shape index (κ1) is 18.8. The number of carbonyl (C=O) groups excluding carboxylic acids is 1. The first-order chi connectivity index (χ1) is 12.9. The second-order valence-corrected chi connectivity index (χ2v) is 7.86. The molecule has 0 atom stereocenters. The van der Waals surface area contributed by atoms with Gasteiger partial charge in [-0.1, -0.05) is 39.0 Å². The lowest BCUT2D eigenvalue weighted by Crippen LogP contribution is -2.50. The maximum Gasteiger partial charge on any atom is 0.321 e. The zero-order valence-corrected chi connectivity index (χ0v) is 16.2. The van der Waals surface area contributed by atoms with E-state index in [1.165, 1.54) is 0 Å². The molecule has 1 aliphatic rings. The standard InChI is InChI=1S/C22H26N4O/c1-22(2,3)19-6-4-5-7-20(19)24-21(27)26-14-12-25(13-15-26)18-10-8-17(16-23)9-11-18/h4-11H,12-15H2,1-3H3,(H,24,27). The summed E-state index contributed by atoms with van der Waals surface area (Å²) >= 11 is 0. The molecule has 27 heavy (non-hydrogen) atoms. The average Bonchev–Trinajstić information content (AvgIpc) is 2.68. The van der Waals surface area contributed by atoms with Gasteiger partial charge in [0.15, 0.2) is 0 Å². The smallest absolute Gasteiger partial charge is 0.321 e. The fraction of sp³-hybridized carbons (Fsp3) is 0.364. The molecule has 140 valence electrons. The molecule has 1 fully saturated rings. The van der Waals surface area contributed by atoms with Crippen molar-refractivity contribution in [1.82, 2.24) is 4.90 Å². The largest absolute Gasteiger partial charge is 0.368 e. The molecule has 0 spiro atoms. The molecule has 1 N–H and O–H groups in total. The van der Waals surface area contributed by atoms with Gasteiger partial charge >= 0.3 is 6.03 Å². The topological polar surface area (TPSA) is 59.4 Å². The van der Waals surface area contributed by atoms with Gasteiger partial charge in [-0.25, -0.2) is 4.79 Å². The number of hydrogen-bond donors (Lipinski definition) is 1. The Kier molecular flexibility index (Phi) is 5.36. The van der Waals surface area contributed by atoms with Crippen molar-refractivity contribution in [1.29, 1.82) is 5.26 Å². The minimum absolute atomic E-state index is 0.0296. The van der Waals surface area contributed by atoms with Crippen molar-refractivity contribution < 1.29 is 4.79 Å². The first-order valence-corrected chi connectivity index (χ1v) is 9.29. The molecule has 1 aliphatic heterocycles. The summed E-state index contributed by atoms with van der Waals surface area (Å²) < 4.78 is 0. The number of nitriles is 1. The van der Waals surface area contributed by atoms with Crippen LogP contribution in [-0.2, 0) is 5.41 Å². The van der Waals surface area contributed by atoms with Gasteiger partial charge in [0, 0.05) is 37.6 Å². The van der Waals surface area contributed by atoms with Crippen LogP contribution in [0.2, 0.25) is 0 Å². The van der Waals surface area contributed by atoms with Gasteiger partial charge in [-0.2, -0.15) is 5.26 Å². The van der Waals surface area contributed by atoms with E-state index in [0.717, 1.165) is 30.0 Å². The zero-order chi connectivity index (χ0) is 19.4. The maximum absolute atomic E-state index is 12.7. The van der Waals surface area contributed by atoms with Crippen LogP contribution >= 0.6 is 0 Å². The number of nitrogens with one attached hydrogen (secondary N) is 1. The van der Waals surface area contributed by atoms with Gasteiger partial charge in [0.05, 0.1) is 11.6 Å². The van der Waals surface area contributed by atoms with Crippen molar-refractivity contribution in [3.63, 3.8) is 0 Å². The number of amides is 2. The molecule has 0 aromatic heterocycles. The Bertz CT molecular complexity index is 838. The first-order valence-electron chi connectivity index (χ1n) is 9.29. The molecule has 2 aromatic carbocycles. The number of para-hydroxylation sites is 1. The third kappa shape index (κ3) is 4.40. The Morgan fingerprint density at radius 1 is 1.00 bits per heavy atom. The average molecular weight is 362 g/mol. The van der Waals surface area contributed by atoms with E-state index in [2.05, 4.69) is 43.1 Å². The summed E-state index contributed by atoms with van der Waals surface area (Å²) in [6.45, 7) is 9.34. The Morgan fingerprint density at radius 3 is 2.22 bits per heavy atom. The fourth-order valence-electron chi connectivity index (χ4n) is 3.35. The van der Waals surface area contributed by atoms with Crippen LogP contribution in [0.3, 0.4) is 0 Å². The van der Waals surface area contributed by atoms with Crippen LogP contribution in [0.4, 0.5) is 16.2 Å². The van der Waals surface area contributed by atoms with E-state index >= 15 is 0 Å². The molecule has 2 aromatic rings. The lowest BCUT2D eigenvalue weighted by molar-refractivity contribution is 0.208. The van der Waals surface area contributed by atoms with Gasteiger partial charge in [0.2, 0.25) is 0 Å². The molecule has 0 unspecified atom stereocenters. The van der Waals surface area contributed by atoms with Crippen LogP contribution in [0.15, 0.2) is 48.5 Å². The van der Waals surface area contributed by atoms with Gasteiger partial charge in [-0.3, -0.25) is 0 Å². The summed E-state index contributed by atoms with van der Waals surface area (Å²) in [7, 11) is 0. The summed E-state index contributed by atoms with van der Waals surface area (Å²) in [4.78, 5) is 16.8. The summed E-state index contributed by atoms with van der Waals surface area (Å²) in [6, 6.07) is 17.7. The summed E-state index contributed by atoms with van der Waals surface area (Å²) in [5, 5.41) is 12.0. The molecule has 0 aliphatic carbocycles. The van der Waals surface area contributed by atoms with Gasteiger partial charge < -0.3 is 15.1 Å². The highest BCUT2D eigenvalue weighted by Gasteiger charge is 2.23. The van der Waals surface area contributed by atoms with E-state index in [0.29, 0.717) is 18.7 Å². The van der Waals surface area contributed by atoms with Crippen molar-refractivity contribution >= 4 is 17.4 Å². The monoisotopic (exact) mass is 362 g/mol. The highest BCUT2D eigenvalue weighted by Crippen LogP contribution is 2.29. The second-order valence-electron chi connectivity index (χ2n) is 7.86. The van der Waals surface area contributed by atoms with E-state index in [1.807, 2.05) is 47.4 Å². The molecular weight excluding hydrogens is 336 g/mol. The van der Waals surface area contributed by atoms with E-state index in [4.69, 9.17) is 5.26 Å². The van der Waals surface area contributed by atoms with Crippen molar-refractivity contribution in [3.8, 4) is 6.07 Å². The Morgan fingerprint density at radius 2 is 1.63 bits per heavy atom. The third-order valence-electron chi connectivity index (χ3n) is 4.91. The van der Waals surface area contributed by atoms with Crippen LogP contribution in [0.25, 0.3) is 0 Å². The van der Waals surface area contributed by atoms with Crippen molar-refractivity contribution in [2.45, 2.75) is 26.2 Å². The number of rotatable bonds is 2. The van der Waals surface area contributed by atoms with Crippen LogP contribution in [0.1, 0.15) is 31.9 Å². The molecule has 2 amide bonds. The summed E-state index contributed by atoms with van der Waals surface area (Å²) in [5.41, 5.74) is 3.73. The van der Waals surface area contributed by atoms with Crippen molar-refractivity contribution in [2.75, 3.05) is 36.4 Å². The quantitative estimate of drug-likeness (QED) is 0.870. The SMILES string of the molecule is CC(C)(C)c1ccccc1NC(=O)N1CCN(c2ccc(C#N)cc2)CC1. The highest BCUT2D eigenvalue weighted by atomic mass is 16.2. The fourth-order valence-corrected chi connectivity index (χ4v) is 3.35. The summed E-state index contributed by atoms with van der Waals surface area (Å²) in [5.74, 6) is 0. The molecule has 3 rings (SSSR count). The number of benzene rings is 2. The number of urea groups is 1. The molecule has 0 bridgehead atoms. The van der Waals surface area contributed by atoms with Gasteiger partial charge in [-0.05, 0) is 41.3 Å². The van der Waals surface area contributed by atoms with Crippen molar-refractivity contribution in [3.05, 3.63) is 59.7 Å². The van der Waals surface area contributed by atoms with Crippen LogP contribution in [0, 0.1) is 11.3 Å². The van der Waals surface area contributed by atoms with Crippen molar-refractivity contribution in [2.24, 2.45) is 0 Å². The molecule has 1 heterocycles. The van der Waals surface area contributed by atoms with E-state index < -0.39 is 0 Å². The highest BCUT2D eigenvalue weighted by molar-refractivity contribution is 5.90. The second kappa shape index (κ2) is 7.71. The van der Waals surface area contributed by atoms with Gasteiger partial charge in [-0.15, -0.1) is 0 Å². The normalized spacial score (nSPS) is 14.6. The molecule has 5 heteroatoms. The minimum Gasteiger partial charge on any atom is -0.368 e. The number of hydrogen-bond acceptors (Lipinski definition) is 3. The Hall–Kier alpha value is -3.00. The lowest BCUT2D eigenvalue weighted by atomic mass is 9.86. The predicted octanol–water partition coefficient (Wildman–Crippen LogP) is 4.21. The van der Waals surface area contributed by atoms with Crippen LogP contribution < -0.4 is 10.2 Å². The van der Waals surface area contributed by atoms with Gasteiger partial charge in [0.25, 0.3) is 0 Å².